The van der Waals surface area contributed by atoms with Crippen LogP contribution in [0.4, 0.5) is 0 Å². The molecule has 3 heterocycles. The summed E-state index contributed by atoms with van der Waals surface area (Å²) >= 11 is 0. The van der Waals surface area contributed by atoms with Gasteiger partial charge in [-0.3, -0.25) is 14.5 Å². The molecule has 1 N–H and O–H groups in total. The molecule has 1 saturated carbocycles. The molecule has 206 valence electrons. The second kappa shape index (κ2) is 12.4. The van der Waals surface area contributed by atoms with E-state index in [0.29, 0.717) is 23.8 Å². The van der Waals surface area contributed by atoms with Gasteiger partial charge in [0.05, 0.1) is 17.5 Å². The van der Waals surface area contributed by atoms with Crippen LogP contribution in [0.25, 0.3) is 11.0 Å². The first-order chi connectivity index (χ1) is 18.6. The Morgan fingerprint density at radius 1 is 0.921 bits per heavy atom. The van der Waals surface area contributed by atoms with E-state index in [1.54, 1.807) is 0 Å². The fourth-order valence-corrected chi connectivity index (χ4v) is 7.35. The number of rotatable bonds is 7. The van der Waals surface area contributed by atoms with Gasteiger partial charge in [0.1, 0.15) is 12.8 Å². The molecule has 3 aliphatic rings. The van der Waals surface area contributed by atoms with Crippen molar-refractivity contribution in [3.8, 4) is 0 Å². The maximum atomic E-state index is 14.1. The highest BCUT2D eigenvalue weighted by molar-refractivity contribution is 6.00. The zero-order chi connectivity index (χ0) is 26.5. The van der Waals surface area contributed by atoms with E-state index in [2.05, 4.69) is 15.0 Å². The Bertz CT molecular complexity index is 1180. The lowest BCUT2D eigenvalue weighted by Crippen LogP contribution is -2.57. The van der Waals surface area contributed by atoms with E-state index in [1.165, 1.54) is 77.7 Å². The molecule has 0 spiro atoms. The summed E-state index contributed by atoms with van der Waals surface area (Å²) < 4.78 is 1.95. The van der Waals surface area contributed by atoms with Crippen LogP contribution < -0.4 is 5.56 Å². The highest BCUT2D eigenvalue weighted by Gasteiger charge is 2.42. The lowest BCUT2D eigenvalue weighted by molar-refractivity contribution is -0.136. The van der Waals surface area contributed by atoms with Crippen molar-refractivity contribution in [2.45, 2.75) is 120 Å². The number of nitrogens with zero attached hydrogens (tertiary/aromatic N) is 4. The van der Waals surface area contributed by atoms with Gasteiger partial charge in [-0.05, 0) is 50.7 Å². The summed E-state index contributed by atoms with van der Waals surface area (Å²) in [4.78, 5) is 37.9. The van der Waals surface area contributed by atoms with Crippen LogP contribution >= 0.6 is 0 Å². The van der Waals surface area contributed by atoms with Gasteiger partial charge in [-0.25, -0.2) is 4.98 Å². The van der Waals surface area contributed by atoms with Crippen LogP contribution in [0.2, 0.25) is 0 Å². The fraction of sp³-hybridized carbons (Fsp3) is 0.667. The molecule has 1 aromatic carbocycles. The van der Waals surface area contributed by atoms with Crippen molar-refractivity contribution in [3.63, 3.8) is 0 Å². The number of fused-ring (bicyclic) bond motifs is 3. The van der Waals surface area contributed by atoms with Crippen molar-refractivity contribution in [2.75, 3.05) is 7.11 Å². The number of hydrogen-bond donors (Lipinski definition) is 1. The van der Waals surface area contributed by atoms with Crippen LogP contribution in [0.1, 0.15) is 108 Å². The van der Waals surface area contributed by atoms with E-state index < -0.39 is 5.97 Å². The van der Waals surface area contributed by atoms with Crippen molar-refractivity contribution in [1.29, 1.82) is 0 Å². The summed E-state index contributed by atoms with van der Waals surface area (Å²) in [6, 6.07) is 9.54. The van der Waals surface area contributed by atoms with Crippen LogP contribution in [0.5, 0.6) is 0 Å². The molecule has 1 unspecified atom stereocenters. The number of carboxylic acid groups (broad SMARTS) is 1. The van der Waals surface area contributed by atoms with E-state index in [4.69, 9.17) is 4.84 Å². The molecule has 0 radical (unpaired) electrons. The Hall–Kier alpha value is -2.74. The van der Waals surface area contributed by atoms with Gasteiger partial charge in [-0.2, -0.15) is 0 Å². The first kappa shape index (κ1) is 26.9. The molecular weight excluding hydrogens is 480 g/mol. The number of carboxylic acids is 1. The fourth-order valence-electron chi connectivity index (χ4n) is 7.35. The highest BCUT2D eigenvalue weighted by Crippen LogP contribution is 2.42. The van der Waals surface area contributed by atoms with Crippen LogP contribution in [-0.4, -0.2) is 56.5 Å². The topological polar surface area (TPSA) is 97.0 Å². The summed E-state index contributed by atoms with van der Waals surface area (Å²) in [7, 11) is 1.41. The largest absolute Gasteiger partial charge is 0.481 e. The molecule has 2 aromatic rings. The number of piperidine rings is 2. The summed E-state index contributed by atoms with van der Waals surface area (Å²) in [5.41, 5.74) is 1.88. The zero-order valence-corrected chi connectivity index (χ0v) is 22.7. The Balaban J connectivity index is 1.50. The standard InChI is InChI=1S/C30H42N4O4/c1-38-32-26(17-18-28(35)36)29-30(37)34(27-16-9-8-15-25(27)31-29)24-19-22-13-10-14-23(20-24)33(22)21-11-6-4-2-3-5-7-12-21/h8-9,15-16,21-24H,2-7,10-14,17-20H2,1H3,(H,35,36)/t22-,23+,24?. The van der Waals surface area contributed by atoms with Gasteiger partial charge < -0.3 is 14.5 Å². The molecule has 8 heteroatoms. The predicted molar refractivity (Wildman–Crippen MR) is 149 cm³/mol. The van der Waals surface area contributed by atoms with Gasteiger partial charge in [0.15, 0.2) is 5.69 Å². The molecular formula is C30H42N4O4. The van der Waals surface area contributed by atoms with Crippen molar-refractivity contribution in [3.05, 3.63) is 40.3 Å². The summed E-state index contributed by atoms with van der Waals surface area (Å²) in [5, 5.41) is 13.3. The monoisotopic (exact) mass is 522 g/mol. The SMILES string of the molecule is CON=C(CCC(=O)O)c1nc2ccccc2n(C2C[C@H]3CCC[C@@H](C2)N3C2CCCCCCCC2)c1=O. The molecule has 1 aromatic heterocycles. The average molecular weight is 523 g/mol. The molecule has 3 atom stereocenters. The Kier molecular flexibility index (Phi) is 8.77. The van der Waals surface area contributed by atoms with Gasteiger partial charge in [0.25, 0.3) is 5.56 Å². The second-order valence-corrected chi connectivity index (χ2v) is 11.4. The molecule has 38 heavy (non-hydrogen) atoms. The first-order valence-corrected chi connectivity index (χ1v) is 14.7. The third-order valence-electron chi connectivity index (χ3n) is 8.96. The molecule has 2 saturated heterocycles. The number of oxime groups is 1. The van der Waals surface area contributed by atoms with Crippen LogP contribution in [0, 0.1) is 0 Å². The van der Waals surface area contributed by atoms with Crippen LogP contribution in [0.15, 0.2) is 34.2 Å². The van der Waals surface area contributed by atoms with Crippen molar-refractivity contribution in [2.24, 2.45) is 5.16 Å². The predicted octanol–water partition coefficient (Wildman–Crippen LogP) is 5.67. The Morgan fingerprint density at radius 2 is 1.55 bits per heavy atom. The van der Waals surface area contributed by atoms with E-state index in [9.17, 15) is 14.7 Å². The quantitative estimate of drug-likeness (QED) is 0.372. The van der Waals surface area contributed by atoms with E-state index >= 15 is 0 Å². The smallest absolute Gasteiger partial charge is 0.303 e. The van der Waals surface area contributed by atoms with E-state index in [0.717, 1.165) is 23.9 Å². The summed E-state index contributed by atoms with van der Waals surface area (Å²) in [6.07, 6.45) is 16.3. The lowest BCUT2D eigenvalue weighted by Gasteiger charge is -2.53. The average Bonchev–Trinajstić information content (AvgIpc) is 3.04. The normalized spacial score (nSPS) is 25.9. The van der Waals surface area contributed by atoms with Crippen molar-refractivity contribution >= 4 is 22.7 Å². The van der Waals surface area contributed by atoms with Gasteiger partial charge in [-0.1, -0.05) is 62.2 Å². The Labute approximate surface area is 225 Å². The molecule has 2 aliphatic heterocycles. The number of aromatic nitrogens is 2. The van der Waals surface area contributed by atoms with Crippen molar-refractivity contribution < 1.29 is 14.7 Å². The van der Waals surface area contributed by atoms with Gasteiger partial charge >= 0.3 is 5.97 Å². The summed E-state index contributed by atoms with van der Waals surface area (Å²) in [5.74, 6) is -0.944. The number of hydrogen-bond acceptors (Lipinski definition) is 6. The third-order valence-corrected chi connectivity index (χ3v) is 8.96. The molecule has 5 rings (SSSR count). The number of aliphatic carboxylic acids is 1. The van der Waals surface area contributed by atoms with E-state index in [1.807, 2.05) is 28.8 Å². The van der Waals surface area contributed by atoms with Crippen LogP contribution in [0.3, 0.4) is 0 Å². The minimum absolute atomic E-state index is 0.0836. The molecule has 2 bridgehead atoms. The molecule has 3 fully saturated rings. The minimum Gasteiger partial charge on any atom is -0.481 e. The number of benzene rings is 1. The zero-order valence-electron chi connectivity index (χ0n) is 22.7. The number of para-hydroxylation sites is 2. The minimum atomic E-state index is -0.944. The Morgan fingerprint density at radius 3 is 2.21 bits per heavy atom. The maximum absolute atomic E-state index is 14.1. The van der Waals surface area contributed by atoms with E-state index in [-0.39, 0.29) is 30.1 Å². The van der Waals surface area contributed by atoms with Gasteiger partial charge in [-0.15, -0.1) is 0 Å². The highest BCUT2D eigenvalue weighted by atomic mass is 16.6. The third kappa shape index (κ3) is 5.80. The van der Waals surface area contributed by atoms with Crippen LogP contribution in [-0.2, 0) is 9.63 Å². The molecule has 0 amide bonds. The first-order valence-electron chi connectivity index (χ1n) is 14.7. The molecule has 8 nitrogen and oxygen atoms in total. The molecule has 1 aliphatic carbocycles. The lowest BCUT2D eigenvalue weighted by atomic mass is 9.79. The van der Waals surface area contributed by atoms with Crippen molar-refractivity contribution in [1.82, 2.24) is 14.5 Å². The van der Waals surface area contributed by atoms with Gasteiger partial charge in [0.2, 0.25) is 0 Å². The van der Waals surface area contributed by atoms with Gasteiger partial charge in [0, 0.05) is 30.6 Å². The summed E-state index contributed by atoms with van der Waals surface area (Å²) in [6.45, 7) is 0. The number of carbonyl (C=O) groups is 1. The second-order valence-electron chi connectivity index (χ2n) is 11.4. The maximum Gasteiger partial charge on any atom is 0.303 e.